The van der Waals surface area contributed by atoms with E-state index in [4.69, 9.17) is 4.98 Å². The molecule has 3 N–H and O–H groups in total. The van der Waals surface area contributed by atoms with Crippen LogP contribution in [0, 0.1) is 0 Å². The Morgan fingerprint density at radius 2 is 2.04 bits per heavy atom. The summed E-state index contributed by atoms with van der Waals surface area (Å²) in [5.74, 6) is 0.616. The van der Waals surface area contributed by atoms with Crippen LogP contribution in [0.25, 0.3) is 11.0 Å². The molecule has 4 heterocycles. The largest absolute Gasteiger partial charge is 0.354 e. The van der Waals surface area contributed by atoms with Gasteiger partial charge in [-0.2, -0.15) is 4.98 Å². The van der Waals surface area contributed by atoms with Crippen LogP contribution in [0.4, 0.5) is 5.95 Å². The standard InChI is InChI=1S/C19H24N6O2/c26-15-5-4-13(10-20-15)23-18-21-9-12-8-14-17(27)22-11-19(6-2-1-3-7-19)25(14)16(12)24-18/h8-9,13H,1-7,10-11H2,(H,20,26)(H,22,27)(H,21,23,24). The monoisotopic (exact) mass is 368 g/mol. The molecule has 1 atom stereocenters. The summed E-state index contributed by atoms with van der Waals surface area (Å²) in [6.07, 6.45) is 8.80. The van der Waals surface area contributed by atoms with E-state index in [1.165, 1.54) is 19.3 Å². The van der Waals surface area contributed by atoms with Crippen LogP contribution >= 0.6 is 0 Å². The third kappa shape index (κ3) is 2.74. The van der Waals surface area contributed by atoms with Gasteiger partial charge in [0.25, 0.3) is 5.91 Å². The van der Waals surface area contributed by atoms with Gasteiger partial charge in [-0.25, -0.2) is 4.98 Å². The first kappa shape index (κ1) is 16.5. The van der Waals surface area contributed by atoms with E-state index in [0.29, 0.717) is 31.2 Å². The number of hydrogen-bond acceptors (Lipinski definition) is 5. The summed E-state index contributed by atoms with van der Waals surface area (Å²) in [5.41, 5.74) is 1.45. The summed E-state index contributed by atoms with van der Waals surface area (Å²) in [7, 11) is 0. The van der Waals surface area contributed by atoms with Crippen molar-refractivity contribution in [2.75, 3.05) is 18.4 Å². The average Bonchev–Trinajstić information content (AvgIpc) is 3.08. The SMILES string of the molecule is O=C1CCC(Nc2ncc3cc4n(c3n2)C2(CCCCC2)CNC4=O)CN1. The first-order valence-corrected chi connectivity index (χ1v) is 9.85. The highest BCUT2D eigenvalue weighted by Crippen LogP contribution is 2.40. The zero-order valence-corrected chi connectivity index (χ0v) is 15.3. The number of aromatic nitrogens is 3. The normalized spacial score (nSPS) is 24.4. The Hall–Kier alpha value is -2.64. The van der Waals surface area contributed by atoms with Crippen LogP contribution in [0.2, 0.25) is 0 Å². The van der Waals surface area contributed by atoms with E-state index in [-0.39, 0.29) is 23.4 Å². The van der Waals surface area contributed by atoms with Crippen molar-refractivity contribution >= 4 is 28.8 Å². The number of nitrogens with one attached hydrogen (secondary N) is 3. The number of rotatable bonds is 2. The average molecular weight is 368 g/mol. The van der Waals surface area contributed by atoms with Gasteiger partial charge in [0, 0.05) is 37.1 Å². The summed E-state index contributed by atoms with van der Waals surface area (Å²) < 4.78 is 2.18. The van der Waals surface area contributed by atoms with Crippen molar-refractivity contribution in [3.8, 4) is 0 Å². The molecule has 1 saturated heterocycles. The maximum absolute atomic E-state index is 12.5. The van der Waals surface area contributed by atoms with Crippen molar-refractivity contribution in [3.63, 3.8) is 0 Å². The van der Waals surface area contributed by atoms with Crippen LogP contribution in [0.15, 0.2) is 12.3 Å². The maximum Gasteiger partial charge on any atom is 0.268 e. The van der Waals surface area contributed by atoms with Crippen LogP contribution in [-0.2, 0) is 10.3 Å². The summed E-state index contributed by atoms with van der Waals surface area (Å²) in [5, 5.41) is 10.2. The molecule has 1 aliphatic carbocycles. The predicted octanol–water partition coefficient (Wildman–Crippen LogP) is 1.52. The Kier molecular flexibility index (Phi) is 3.80. The number of nitrogens with zero attached hydrogens (tertiary/aromatic N) is 3. The van der Waals surface area contributed by atoms with Crippen LogP contribution < -0.4 is 16.0 Å². The van der Waals surface area contributed by atoms with E-state index in [9.17, 15) is 9.59 Å². The van der Waals surface area contributed by atoms with Crippen LogP contribution in [0.3, 0.4) is 0 Å². The first-order chi connectivity index (χ1) is 13.1. The zero-order chi connectivity index (χ0) is 18.4. The molecule has 5 rings (SSSR count). The van der Waals surface area contributed by atoms with E-state index in [1.807, 2.05) is 6.07 Å². The summed E-state index contributed by atoms with van der Waals surface area (Å²) in [6.45, 7) is 1.25. The fourth-order valence-electron chi connectivity index (χ4n) is 4.77. The molecule has 2 aromatic rings. The van der Waals surface area contributed by atoms with Crippen molar-refractivity contribution in [2.24, 2.45) is 0 Å². The van der Waals surface area contributed by atoms with E-state index in [1.54, 1.807) is 6.20 Å². The molecule has 1 unspecified atom stereocenters. The Balaban J connectivity index is 1.53. The molecule has 0 radical (unpaired) electrons. The summed E-state index contributed by atoms with van der Waals surface area (Å²) in [4.78, 5) is 33.1. The quantitative estimate of drug-likeness (QED) is 0.746. The number of anilines is 1. The maximum atomic E-state index is 12.5. The fraction of sp³-hybridized carbons (Fsp3) is 0.579. The van der Waals surface area contributed by atoms with Gasteiger partial charge in [0.1, 0.15) is 11.3 Å². The van der Waals surface area contributed by atoms with Crippen LogP contribution in [-0.4, -0.2) is 45.5 Å². The van der Waals surface area contributed by atoms with Crippen molar-refractivity contribution in [3.05, 3.63) is 18.0 Å². The number of hydrogen-bond donors (Lipinski definition) is 3. The van der Waals surface area contributed by atoms with Crippen LogP contribution in [0.1, 0.15) is 55.4 Å². The third-order valence-corrected chi connectivity index (χ3v) is 6.21. The van der Waals surface area contributed by atoms with Gasteiger partial charge in [-0.05, 0) is 25.3 Å². The van der Waals surface area contributed by atoms with Gasteiger partial charge in [0.05, 0.1) is 5.54 Å². The molecule has 8 heteroatoms. The van der Waals surface area contributed by atoms with Gasteiger partial charge in [0.15, 0.2) is 0 Å². The number of fused-ring (bicyclic) bond motifs is 4. The fourth-order valence-corrected chi connectivity index (χ4v) is 4.77. The highest BCUT2D eigenvalue weighted by molar-refractivity contribution is 5.99. The molecule has 8 nitrogen and oxygen atoms in total. The molecule has 2 amide bonds. The van der Waals surface area contributed by atoms with Gasteiger partial charge in [-0.1, -0.05) is 19.3 Å². The van der Waals surface area contributed by atoms with Gasteiger partial charge in [-0.3, -0.25) is 9.59 Å². The molecule has 3 aliphatic rings. The molecule has 27 heavy (non-hydrogen) atoms. The Morgan fingerprint density at radius 1 is 1.19 bits per heavy atom. The third-order valence-electron chi connectivity index (χ3n) is 6.21. The van der Waals surface area contributed by atoms with Crippen molar-refractivity contribution in [2.45, 2.75) is 56.5 Å². The molecular formula is C19H24N6O2. The van der Waals surface area contributed by atoms with Gasteiger partial charge >= 0.3 is 0 Å². The Labute approximate surface area is 157 Å². The molecule has 1 saturated carbocycles. The van der Waals surface area contributed by atoms with Gasteiger partial charge < -0.3 is 20.5 Å². The molecule has 0 aromatic carbocycles. The second kappa shape index (κ2) is 6.21. The van der Waals surface area contributed by atoms with Crippen molar-refractivity contribution in [1.82, 2.24) is 25.2 Å². The highest BCUT2D eigenvalue weighted by atomic mass is 16.2. The molecular weight excluding hydrogens is 344 g/mol. The second-order valence-corrected chi connectivity index (χ2v) is 7.99. The second-order valence-electron chi connectivity index (χ2n) is 7.99. The molecule has 2 aromatic heterocycles. The molecule has 1 spiro atoms. The first-order valence-electron chi connectivity index (χ1n) is 9.85. The lowest BCUT2D eigenvalue weighted by atomic mass is 9.80. The van der Waals surface area contributed by atoms with Crippen LogP contribution in [0.5, 0.6) is 0 Å². The number of amides is 2. The topological polar surface area (TPSA) is 101 Å². The zero-order valence-electron chi connectivity index (χ0n) is 15.3. The number of carbonyl (C=O) groups excluding carboxylic acids is 2. The minimum Gasteiger partial charge on any atom is -0.354 e. The molecule has 0 bridgehead atoms. The van der Waals surface area contributed by atoms with Crippen molar-refractivity contribution < 1.29 is 9.59 Å². The molecule has 2 aliphatic heterocycles. The predicted molar refractivity (Wildman–Crippen MR) is 101 cm³/mol. The lowest BCUT2D eigenvalue weighted by Gasteiger charge is -2.42. The van der Waals surface area contributed by atoms with Gasteiger partial charge in [-0.15, -0.1) is 0 Å². The number of carbonyl (C=O) groups is 2. The Bertz CT molecular complexity index is 904. The smallest absolute Gasteiger partial charge is 0.268 e. The van der Waals surface area contributed by atoms with E-state index in [2.05, 4.69) is 25.5 Å². The van der Waals surface area contributed by atoms with E-state index < -0.39 is 0 Å². The van der Waals surface area contributed by atoms with Gasteiger partial charge in [0.2, 0.25) is 11.9 Å². The number of piperidine rings is 1. The molecule has 2 fully saturated rings. The lowest BCUT2D eigenvalue weighted by molar-refractivity contribution is -0.122. The van der Waals surface area contributed by atoms with Crippen molar-refractivity contribution in [1.29, 1.82) is 0 Å². The minimum atomic E-state index is -0.0757. The summed E-state index contributed by atoms with van der Waals surface area (Å²) >= 11 is 0. The minimum absolute atomic E-state index is 0.0336. The highest BCUT2D eigenvalue weighted by Gasteiger charge is 2.41. The lowest BCUT2D eigenvalue weighted by Crippen LogP contribution is -2.52. The molecule has 142 valence electrons. The summed E-state index contributed by atoms with van der Waals surface area (Å²) in [6, 6.07) is 2.04. The van der Waals surface area contributed by atoms with E-state index >= 15 is 0 Å². The van der Waals surface area contributed by atoms with E-state index in [0.717, 1.165) is 30.3 Å². The Morgan fingerprint density at radius 3 is 2.81 bits per heavy atom.